The largest absolute Gasteiger partial charge is 0.388 e. The fourth-order valence-electron chi connectivity index (χ4n) is 1.48. The van der Waals surface area contributed by atoms with E-state index in [9.17, 15) is 14.7 Å². The molecule has 0 atom stereocenters. The molecule has 0 unspecified atom stereocenters. The van der Waals surface area contributed by atoms with E-state index >= 15 is 0 Å². The van der Waals surface area contributed by atoms with Gasteiger partial charge in [-0.3, -0.25) is 9.78 Å². The van der Waals surface area contributed by atoms with Crippen LogP contribution in [-0.4, -0.2) is 32.4 Å². The molecule has 2 rings (SSSR count). The number of H-pyrrole nitrogens is 2. The summed E-state index contributed by atoms with van der Waals surface area (Å²) in [5.74, 6) is 0.0231. The topological polar surface area (TPSA) is 111 Å². The normalized spacial score (nSPS) is 18.2. The molecular weight excluding hydrogens is 200 g/mol. The van der Waals surface area contributed by atoms with Gasteiger partial charge in [0, 0.05) is 6.54 Å². The van der Waals surface area contributed by atoms with Crippen LogP contribution in [0.4, 0.5) is 5.82 Å². The number of hydrogen-bond acceptors (Lipinski definition) is 5. The molecule has 4 N–H and O–H groups in total. The van der Waals surface area contributed by atoms with E-state index in [-0.39, 0.29) is 12.4 Å². The number of aliphatic hydroxyl groups is 1. The summed E-state index contributed by atoms with van der Waals surface area (Å²) in [6.07, 6.45) is 2.44. The highest BCUT2D eigenvalue weighted by Gasteiger charge is 2.34. The Morgan fingerprint density at radius 2 is 2.20 bits per heavy atom. The van der Waals surface area contributed by atoms with E-state index in [1.807, 2.05) is 4.98 Å². The third kappa shape index (κ3) is 2.07. The number of aromatic amines is 2. The standard InChI is InChI=1S/C8H12N4O3/c13-6-5(11-12-7(14)10-6)9-4-8(15)2-1-3-8/h15H,1-4H2,(H,9,11)(H2,10,12,13,14). The van der Waals surface area contributed by atoms with E-state index in [1.165, 1.54) is 0 Å². The number of aromatic nitrogens is 3. The average Bonchev–Trinajstić information content (AvgIpc) is 2.14. The third-order valence-electron chi connectivity index (χ3n) is 2.58. The quantitative estimate of drug-likeness (QED) is 0.502. The minimum absolute atomic E-state index is 0.0231. The Kier molecular flexibility index (Phi) is 2.31. The van der Waals surface area contributed by atoms with Crippen molar-refractivity contribution in [3.05, 3.63) is 20.8 Å². The Morgan fingerprint density at radius 1 is 1.47 bits per heavy atom. The van der Waals surface area contributed by atoms with E-state index in [4.69, 9.17) is 0 Å². The molecule has 1 aromatic heterocycles. The van der Waals surface area contributed by atoms with Crippen molar-refractivity contribution in [2.45, 2.75) is 24.9 Å². The zero-order valence-corrected chi connectivity index (χ0v) is 8.04. The molecule has 1 aliphatic carbocycles. The van der Waals surface area contributed by atoms with E-state index in [2.05, 4.69) is 15.5 Å². The molecule has 0 saturated heterocycles. The van der Waals surface area contributed by atoms with Crippen LogP contribution in [0, 0.1) is 0 Å². The van der Waals surface area contributed by atoms with Crippen LogP contribution in [0.2, 0.25) is 0 Å². The molecular formula is C8H12N4O3. The van der Waals surface area contributed by atoms with Gasteiger partial charge < -0.3 is 10.4 Å². The lowest BCUT2D eigenvalue weighted by Gasteiger charge is -2.36. The molecule has 0 aliphatic heterocycles. The molecule has 1 fully saturated rings. The van der Waals surface area contributed by atoms with E-state index in [0.29, 0.717) is 0 Å². The summed E-state index contributed by atoms with van der Waals surface area (Å²) >= 11 is 0. The Bertz CT molecular complexity index is 459. The third-order valence-corrected chi connectivity index (χ3v) is 2.58. The molecule has 7 heteroatoms. The van der Waals surface area contributed by atoms with Gasteiger partial charge >= 0.3 is 5.69 Å². The van der Waals surface area contributed by atoms with Gasteiger partial charge in [0.25, 0.3) is 5.56 Å². The van der Waals surface area contributed by atoms with Crippen molar-refractivity contribution < 1.29 is 5.11 Å². The molecule has 1 heterocycles. The lowest BCUT2D eigenvalue weighted by molar-refractivity contribution is -0.0202. The van der Waals surface area contributed by atoms with Crippen molar-refractivity contribution in [1.82, 2.24) is 15.2 Å². The zero-order chi connectivity index (χ0) is 10.9. The van der Waals surface area contributed by atoms with Crippen LogP contribution in [0.3, 0.4) is 0 Å². The fraction of sp³-hybridized carbons (Fsp3) is 0.625. The van der Waals surface area contributed by atoms with Crippen LogP contribution >= 0.6 is 0 Å². The van der Waals surface area contributed by atoms with Gasteiger partial charge in [-0.05, 0) is 19.3 Å². The molecule has 0 bridgehead atoms. The monoisotopic (exact) mass is 212 g/mol. The van der Waals surface area contributed by atoms with Gasteiger partial charge in [-0.2, -0.15) is 0 Å². The Balaban J connectivity index is 2.05. The summed E-state index contributed by atoms with van der Waals surface area (Å²) in [6.45, 7) is 0.273. The summed E-state index contributed by atoms with van der Waals surface area (Å²) in [4.78, 5) is 23.9. The van der Waals surface area contributed by atoms with E-state index in [1.54, 1.807) is 0 Å². The molecule has 82 valence electrons. The van der Waals surface area contributed by atoms with Gasteiger partial charge in [0.2, 0.25) is 5.82 Å². The summed E-state index contributed by atoms with van der Waals surface area (Å²) in [5.41, 5.74) is -1.96. The maximum atomic E-state index is 11.2. The summed E-state index contributed by atoms with van der Waals surface area (Å²) < 4.78 is 0. The van der Waals surface area contributed by atoms with Gasteiger partial charge in [-0.1, -0.05) is 0 Å². The lowest BCUT2D eigenvalue weighted by atomic mass is 9.80. The summed E-state index contributed by atoms with van der Waals surface area (Å²) in [7, 11) is 0. The number of hydrogen-bond donors (Lipinski definition) is 4. The predicted octanol–water partition coefficient (Wildman–Crippen LogP) is -1.21. The lowest BCUT2D eigenvalue weighted by Crippen LogP contribution is -2.44. The van der Waals surface area contributed by atoms with Crippen LogP contribution in [0.25, 0.3) is 0 Å². The molecule has 1 aromatic rings. The van der Waals surface area contributed by atoms with E-state index in [0.717, 1.165) is 19.3 Å². The molecule has 0 amide bonds. The smallest absolute Gasteiger partial charge is 0.342 e. The molecule has 1 saturated carbocycles. The Hall–Kier alpha value is -1.63. The van der Waals surface area contributed by atoms with E-state index < -0.39 is 16.9 Å². The molecule has 1 aliphatic rings. The highest BCUT2D eigenvalue weighted by Crippen LogP contribution is 2.31. The van der Waals surface area contributed by atoms with Gasteiger partial charge in [-0.15, -0.1) is 5.10 Å². The molecule has 15 heavy (non-hydrogen) atoms. The first kappa shape index (κ1) is 9.91. The van der Waals surface area contributed by atoms with Gasteiger partial charge in [0.1, 0.15) is 0 Å². The van der Waals surface area contributed by atoms with Crippen molar-refractivity contribution in [2.75, 3.05) is 11.9 Å². The van der Waals surface area contributed by atoms with Crippen LogP contribution in [0.15, 0.2) is 9.59 Å². The van der Waals surface area contributed by atoms with Crippen LogP contribution < -0.4 is 16.6 Å². The van der Waals surface area contributed by atoms with Gasteiger partial charge in [0.05, 0.1) is 5.60 Å². The van der Waals surface area contributed by atoms with Crippen LogP contribution in [0.1, 0.15) is 19.3 Å². The first-order valence-electron chi connectivity index (χ1n) is 4.74. The first-order chi connectivity index (χ1) is 7.09. The SMILES string of the molecule is O=c1[nH]nc(NCC2(O)CCC2)c(=O)[nH]1. The average molecular weight is 212 g/mol. The minimum atomic E-state index is -0.732. The van der Waals surface area contributed by atoms with Crippen LogP contribution in [-0.2, 0) is 0 Å². The predicted molar refractivity (Wildman–Crippen MR) is 52.8 cm³/mol. The molecule has 7 nitrogen and oxygen atoms in total. The van der Waals surface area contributed by atoms with Gasteiger partial charge in [0.15, 0.2) is 0 Å². The number of nitrogens with one attached hydrogen (secondary N) is 3. The second-order valence-electron chi connectivity index (χ2n) is 3.79. The highest BCUT2D eigenvalue weighted by atomic mass is 16.3. The van der Waals surface area contributed by atoms with Crippen molar-refractivity contribution in [3.8, 4) is 0 Å². The number of anilines is 1. The van der Waals surface area contributed by atoms with Gasteiger partial charge in [-0.25, -0.2) is 9.89 Å². The summed E-state index contributed by atoms with van der Waals surface area (Å²) in [5, 5.41) is 18.1. The van der Waals surface area contributed by atoms with Crippen molar-refractivity contribution in [3.63, 3.8) is 0 Å². The van der Waals surface area contributed by atoms with Crippen molar-refractivity contribution >= 4 is 5.82 Å². The van der Waals surface area contributed by atoms with Crippen molar-refractivity contribution in [2.24, 2.45) is 0 Å². The fourth-order valence-corrected chi connectivity index (χ4v) is 1.48. The molecule has 0 spiro atoms. The highest BCUT2D eigenvalue weighted by molar-refractivity contribution is 5.29. The second kappa shape index (κ2) is 3.50. The number of rotatable bonds is 3. The molecule has 0 aromatic carbocycles. The second-order valence-corrected chi connectivity index (χ2v) is 3.79. The minimum Gasteiger partial charge on any atom is -0.388 e. The first-order valence-corrected chi connectivity index (χ1v) is 4.74. The number of nitrogens with zero attached hydrogens (tertiary/aromatic N) is 1. The Labute approximate surface area is 84.5 Å². The van der Waals surface area contributed by atoms with Crippen molar-refractivity contribution in [1.29, 1.82) is 0 Å². The molecule has 0 radical (unpaired) electrons. The maximum absolute atomic E-state index is 11.2. The Morgan fingerprint density at radius 3 is 2.73 bits per heavy atom. The zero-order valence-electron chi connectivity index (χ0n) is 8.04. The maximum Gasteiger partial charge on any atom is 0.342 e. The summed E-state index contributed by atoms with van der Waals surface area (Å²) in [6, 6.07) is 0. The van der Waals surface area contributed by atoms with Crippen LogP contribution in [0.5, 0.6) is 0 Å².